The number of carbonyl (C=O) groups excluding carboxylic acids is 4. The van der Waals surface area contributed by atoms with Crippen LogP contribution in [0.5, 0.6) is 0 Å². The second-order valence-electron chi connectivity index (χ2n) is 25.1. The number of carbonyl (C=O) groups is 4. The molecule has 0 N–H and O–H groups in total. The van der Waals surface area contributed by atoms with Gasteiger partial charge >= 0.3 is 0 Å². The van der Waals surface area contributed by atoms with E-state index in [1.54, 1.807) is 11.8 Å². The molecule has 0 radical (unpaired) electrons. The first-order valence-electron chi connectivity index (χ1n) is 32.6. The van der Waals surface area contributed by atoms with Crippen LogP contribution in [0, 0.1) is 23.7 Å². The molecule has 3 aromatic rings. The third-order valence-electron chi connectivity index (χ3n) is 17.4. The molecule has 466 valence electrons. The van der Waals surface area contributed by atoms with Crippen LogP contribution in [0.2, 0.25) is 0 Å². The zero-order valence-electron chi connectivity index (χ0n) is 55.4. The molecule has 1 aromatic carbocycles. The molecule has 14 heteroatoms. The maximum atomic E-state index is 12.8. The average molecular weight is 1140 g/mol. The highest BCUT2D eigenvalue weighted by Crippen LogP contribution is 2.34. The third-order valence-corrected chi connectivity index (χ3v) is 17.4. The van der Waals surface area contributed by atoms with Crippen LogP contribution in [0.25, 0.3) is 10.9 Å². The normalized spacial score (nSPS) is 18.6. The highest BCUT2D eigenvalue weighted by Gasteiger charge is 2.29. The van der Waals surface area contributed by atoms with E-state index < -0.39 is 0 Å². The molecule has 2 atom stereocenters. The molecule has 0 bridgehead atoms. The van der Waals surface area contributed by atoms with Crippen LogP contribution in [-0.4, -0.2) is 193 Å². The molecular formula is C68H120N10O4. The van der Waals surface area contributed by atoms with Crippen molar-refractivity contribution in [3.63, 3.8) is 0 Å². The fourth-order valence-electron chi connectivity index (χ4n) is 11.2. The lowest BCUT2D eigenvalue weighted by Crippen LogP contribution is -2.50. The van der Waals surface area contributed by atoms with E-state index >= 15 is 0 Å². The fraction of sp³-hybridized carbons (Fsp3) is 0.750. The lowest BCUT2D eigenvalue weighted by atomic mass is 9.92. The minimum Gasteiger partial charge on any atom is -0.368 e. The zero-order valence-corrected chi connectivity index (χ0v) is 55.4. The van der Waals surface area contributed by atoms with Crippen molar-refractivity contribution in [3.8, 4) is 0 Å². The van der Waals surface area contributed by atoms with Crippen molar-refractivity contribution in [2.45, 2.75) is 185 Å². The van der Waals surface area contributed by atoms with E-state index in [1.165, 1.54) is 99.0 Å². The topological polar surface area (TPSA) is 112 Å². The standard InChI is InChI=1S/C23H34N4O.C18H28N2O.C13H25N3O.C8H17NO.2C3H8/c1-17(2)21-16-27(22-4-9-24-15-20(21)22)19-7-12-26(13-8-19)23(28)14-18-5-10-25(3)11-6-18;1-5-15(4)18(21)20-12-10-19(11-13-20)17-8-6-16(7-9-17)14(2)3;1-12(17)16-5-3-13(4-6-16)11-15-9-7-14(2)8-10-15;1-5-7(3)8(10)9(4)6-2;2*1-3-2/h4,9,15-19H,5-8,10-14H2,1-3H3;6-9,14-15H,5,10-13H2,1-4H3;13H,3-11H2,1-2H3;7H,5-6H2,1-4H3;2*3H2,1-2H3. The summed E-state index contributed by atoms with van der Waals surface area (Å²) in [5.41, 5.74) is 5.32. The Morgan fingerprint density at radius 2 is 1.12 bits per heavy atom. The maximum absolute atomic E-state index is 12.8. The largest absolute Gasteiger partial charge is 0.368 e. The van der Waals surface area contributed by atoms with Crippen LogP contribution in [0.1, 0.15) is 197 Å². The molecule has 0 aliphatic carbocycles. The van der Waals surface area contributed by atoms with Gasteiger partial charge in [-0.05, 0) is 138 Å². The van der Waals surface area contributed by atoms with Crippen molar-refractivity contribution in [3.05, 3.63) is 60.0 Å². The van der Waals surface area contributed by atoms with Gasteiger partial charge in [-0.25, -0.2) is 0 Å². The van der Waals surface area contributed by atoms with E-state index in [1.807, 2.05) is 56.9 Å². The maximum Gasteiger partial charge on any atom is 0.225 e. The van der Waals surface area contributed by atoms with Crippen molar-refractivity contribution < 1.29 is 19.2 Å². The summed E-state index contributed by atoms with van der Waals surface area (Å²) in [5, 5.41) is 1.28. The summed E-state index contributed by atoms with van der Waals surface area (Å²) in [6.07, 6.45) is 18.1. The molecule has 5 fully saturated rings. The highest BCUT2D eigenvalue weighted by atomic mass is 16.2. The summed E-state index contributed by atoms with van der Waals surface area (Å²) in [5.74, 6) is 3.96. The van der Waals surface area contributed by atoms with Gasteiger partial charge in [-0.2, -0.15) is 0 Å². The molecular weight excluding hydrogens is 1020 g/mol. The molecule has 2 unspecified atom stereocenters. The smallest absolute Gasteiger partial charge is 0.225 e. The quantitative estimate of drug-likeness (QED) is 0.165. The van der Waals surface area contributed by atoms with E-state index in [0.29, 0.717) is 35.6 Å². The third kappa shape index (κ3) is 23.9. The van der Waals surface area contributed by atoms with Crippen LogP contribution in [0.15, 0.2) is 48.9 Å². The number of benzene rings is 1. The predicted molar refractivity (Wildman–Crippen MR) is 346 cm³/mol. The number of nitrogens with zero attached hydrogens (tertiary/aromatic N) is 10. The number of fused-ring (bicyclic) bond motifs is 1. The van der Waals surface area contributed by atoms with E-state index in [4.69, 9.17) is 0 Å². The summed E-state index contributed by atoms with van der Waals surface area (Å²) < 4.78 is 2.45. The molecule has 0 saturated carbocycles. The number of hydrogen-bond donors (Lipinski definition) is 0. The van der Waals surface area contributed by atoms with Crippen molar-refractivity contribution in [2.24, 2.45) is 23.7 Å². The summed E-state index contributed by atoms with van der Waals surface area (Å²) in [6.45, 7) is 45.6. The Kier molecular flexibility index (Phi) is 33.6. The molecule has 5 saturated heterocycles. The Morgan fingerprint density at radius 1 is 0.598 bits per heavy atom. The van der Waals surface area contributed by atoms with Gasteiger partial charge in [0.2, 0.25) is 23.6 Å². The van der Waals surface area contributed by atoms with Gasteiger partial charge in [-0.15, -0.1) is 0 Å². The molecule has 8 rings (SSSR count). The Bertz CT molecular complexity index is 2210. The number of likely N-dealkylation sites (tertiary alicyclic amines) is 3. The second-order valence-corrected chi connectivity index (χ2v) is 25.1. The first-order valence-corrected chi connectivity index (χ1v) is 32.6. The molecule has 0 spiro atoms. The molecule has 5 aliphatic rings. The van der Waals surface area contributed by atoms with Gasteiger partial charge in [-0.3, -0.25) is 24.2 Å². The Morgan fingerprint density at radius 3 is 1.62 bits per heavy atom. The number of rotatable bonds is 13. The number of aromatic nitrogens is 2. The van der Waals surface area contributed by atoms with Gasteiger partial charge in [0.15, 0.2) is 0 Å². The molecule has 14 nitrogen and oxygen atoms in total. The minimum absolute atomic E-state index is 0.155. The molecule has 7 heterocycles. The Hall–Kier alpha value is -4.53. The van der Waals surface area contributed by atoms with Gasteiger partial charge in [0, 0.05) is 160 Å². The first kappa shape index (κ1) is 71.7. The zero-order chi connectivity index (χ0) is 60.9. The lowest BCUT2D eigenvalue weighted by molar-refractivity contribution is -0.135. The highest BCUT2D eigenvalue weighted by molar-refractivity contribution is 5.84. The molecule has 4 amide bonds. The molecule has 5 aliphatic heterocycles. The van der Waals surface area contributed by atoms with Gasteiger partial charge in [0.05, 0.1) is 5.52 Å². The number of piperidine rings is 3. The van der Waals surface area contributed by atoms with E-state index in [2.05, 4.69) is 147 Å². The van der Waals surface area contributed by atoms with Crippen molar-refractivity contribution in [1.29, 1.82) is 0 Å². The summed E-state index contributed by atoms with van der Waals surface area (Å²) >= 11 is 0. The van der Waals surface area contributed by atoms with Crippen LogP contribution in [0.3, 0.4) is 0 Å². The van der Waals surface area contributed by atoms with Crippen molar-refractivity contribution >= 4 is 40.2 Å². The lowest BCUT2D eigenvalue weighted by Gasteiger charge is -2.37. The number of likely N-dealkylation sites (N-methyl/N-ethyl adjacent to an activating group) is 1. The monoisotopic (exact) mass is 1140 g/mol. The van der Waals surface area contributed by atoms with E-state index in [-0.39, 0.29) is 23.7 Å². The van der Waals surface area contributed by atoms with Crippen LogP contribution >= 0.6 is 0 Å². The number of pyridine rings is 1. The SMILES string of the molecule is CC(=O)N1CCC(CN2CCN(C)CC2)CC1.CC(C)c1cn(C2CCN(C(=O)CC3CCN(C)CC3)CC2)c2ccncc12.CCC.CCC.CCC(C)C(=O)N(C)CC.CCC(C)C(=O)N1CCN(c2ccc(C(C)C)cc2)CC1. The summed E-state index contributed by atoms with van der Waals surface area (Å²) in [6, 6.07) is 11.5. The fourth-order valence-corrected chi connectivity index (χ4v) is 11.2. The average Bonchev–Trinajstić information content (AvgIpc) is 4.08. The Labute approximate surface area is 501 Å². The van der Waals surface area contributed by atoms with Crippen molar-refractivity contribution in [2.75, 3.05) is 131 Å². The number of amides is 4. The number of anilines is 1. The van der Waals surface area contributed by atoms with E-state index in [9.17, 15) is 19.2 Å². The van der Waals surface area contributed by atoms with Crippen LogP contribution < -0.4 is 4.90 Å². The van der Waals surface area contributed by atoms with Gasteiger partial charge < -0.3 is 43.8 Å². The summed E-state index contributed by atoms with van der Waals surface area (Å²) in [4.78, 5) is 69.4. The second kappa shape index (κ2) is 38.4. The summed E-state index contributed by atoms with van der Waals surface area (Å²) in [7, 11) is 6.21. The number of hydrogen-bond acceptors (Lipinski definition) is 9. The minimum atomic E-state index is 0.155. The molecule has 82 heavy (non-hydrogen) atoms. The van der Waals surface area contributed by atoms with E-state index in [0.717, 1.165) is 110 Å². The predicted octanol–water partition coefficient (Wildman–Crippen LogP) is 12.4. The van der Waals surface area contributed by atoms with Crippen LogP contribution in [-0.2, 0) is 19.2 Å². The molecule has 2 aromatic heterocycles. The van der Waals surface area contributed by atoms with Crippen molar-refractivity contribution in [1.82, 2.24) is 43.9 Å². The first-order chi connectivity index (χ1) is 39.2. The van der Waals surface area contributed by atoms with Gasteiger partial charge in [0.1, 0.15) is 0 Å². The Balaban J connectivity index is 0.000000291. The van der Waals surface area contributed by atoms with Gasteiger partial charge in [-0.1, -0.05) is 108 Å². The van der Waals surface area contributed by atoms with Crippen LogP contribution in [0.4, 0.5) is 5.69 Å². The van der Waals surface area contributed by atoms with Gasteiger partial charge in [0.25, 0.3) is 0 Å². The number of piperazine rings is 2.